The van der Waals surface area contributed by atoms with E-state index in [1.54, 1.807) is 18.3 Å². The molecule has 1 aromatic heterocycles. The van der Waals surface area contributed by atoms with Crippen molar-refractivity contribution in [3.63, 3.8) is 0 Å². The lowest BCUT2D eigenvalue weighted by molar-refractivity contribution is 0.612. The van der Waals surface area contributed by atoms with Crippen molar-refractivity contribution in [1.82, 2.24) is 9.55 Å². The zero-order valence-electron chi connectivity index (χ0n) is 8.74. The highest BCUT2D eigenvalue weighted by atomic mass is 79.9. The number of nitrogens with one attached hydrogen (secondary N) is 1. The summed E-state index contributed by atoms with van der Waals surface area (Å²) in [5.74, 6) is 0.504. The molecule has 0 spiro atoms. The second-order valence-corrected chi connectivity index (χ2v) is 4.37. The molecule has 3 nitrogen and oxygen atoms in total. The van der Waals surface area contributed by atoms with Crippen molar-refractivity contribution in [1.29, 1.82) is 0 Å². The van der Waals surface area contributed by atoms with Crippen LogP contribution in [0.3, 0.4) is 0 Å². The SMILES string of the molecule is Cn1ccnc1NCc1cc(Br)ccc1F. The van der Waals surface area contributed by atoms with Crippen molar-refractivity contribution in [2.75, 3.05) is 5.32 Å². The van der Waals surface area contributed by atoms with Crippen LogP contribution >= 0.6 is 15.9 Å². The first-order valence-electron chi connectivity index (χ1n) is 4.82. The molecule has 0 fully saturated rings. The molecule has 0 amide bonds. The van der Waals surface area contributed by atoms with Gasteiger partial charge in [0.05, 0.1) is 0 Å². The van der Waals surface area contributed by atoms with Gasteiger partial charge < -0.3 is 9.88 Å². The lowest BCUT2D eigenvalue weighted by Gasteiger charge is -2.07. The minimum absolute atomic E-state index is 0.218. The van der Waals surface area contributed by atoms with Gasteiger partial charge in [-0.1, -0.05) is 15.9 Å². The number of rotatable bonds is 3. The van der Waals surface area contributed by atoms with Gasteiger partial charge in [-0.2, -0.15) is 0 Å². The molecule has 0 unspecified atom stereocenters. The third-order valence-electron chi connectivity index (χ3n) is 2.27. The van der Waals surface area contributed by atoms with Gasteiger partial charge in [0.1, 0.15) is 5.82 Å². The fraction of sp³-hybridized carbons (Fsp3) is 0.182. The van der Waals surface area contributed by atoms with Crippen LogP contribution in [-0.4, -0.2) is 9.55 Å². The number of hydrogen-bond acceptors (Lipinski definition) is 2. The number of imidazole rings is 1. The van der Waals surface area contributed by atoms with Crippen molar-refractivity contribution >= 4 is 21.9 Å². The zero-order chi connectivity index (χ0) is 11.5. The van der Waals surface area contributed by atoms with Crippen molar-refractivity contribution in [3.05, 3.63) is 46.4 Å². The van der Waals surface area contributed by atoms with Crippen LogP contribution in [0.25, 0.3) is 0 Å². The van der Waals surface area contributed by atoms with Gasteiger partial charge in [0.15, 0.2) is 0 Å². The highest BCUT2D eigenvalue weighted by Crippen LogP contribution is 2.16. The molecule has 1 aromatic carbocycles. The Morgan fingerprint density at radius 2 is 2.31 bits per heavy atom. The molecule has 84 valence electrons. The van der Waals surface area contributed by atoms with Gasteiger partial charge in [-0.05, 0) is 18.2 Å². The summed E-state index contributed by atoms with van der Waals surface area (Å²) in [6.45, 7) is 0.413. The van der Waals surface area contributed by atoms with Crippen LogP contribution in [-0.2, 0) is 13.6 Å². The molecule has 16 heavy (non-hydrogen) atoms. The summed E-state index contributed by atoms with van der Waals surface area (Å²) in [6.07, 6.45) is 3.53. The molecule has 0 aliphatic carbocycles. The molecule has 0 radical (unpaired) electrons. The number of aromatic nitrogens is 2. The Bertz CT molecular complexity index is 496. The van der Waals surface area contributed by atoms with E-state index < -0.39 is 0 Å². The first-order chi connectivity index (χ1) is 7.66. The van der Waals surface area contributed by atoms with Crippen LogP contribution in [0.1, 0.15) is 5.56 Å². The van der Waals surface area contributed by atoms with E-state index in [1.807, 2.05) is 17.8 Å². The molecule has 0 bridgehead atoms. The molecule has 0 atom stereocenters. The number of halogens is 2. The molecule has 5 heteroatoms. The fourth-order valence-electron chi connectivity index (χ4n) is 1.39. The van der Waals surface area contributed by atoms with Crippen LogP contribution in [0, 0.1) is 5.82 Å². The number of nitrogens with zero attached hydrogens (tertiary/aromatic N) is 2. The Hall–Kier alpha value is -1.36. The van der Waals surface area contributed by atoms with Gasteiger partial charge >= 0.3 is 0 Å². The minimum atomic E-state index is -0.218. The average Bonchev–Trinajstić information content (AvgIpc) is 2.66. The Morgan fingerprint density at radius 1 is 1.50 bits per heavy atom. The van der Waals surface area contributed by atoms with E-state index in [9.17, 15) is 4.39 Å². The van der Waals surface area contributed by atoms with Crippen molar-refractivity contribution in [2.24, 2.45) is 7.05 Å². The third-order valence-corrected chi connectivity index (χ3v) is 2.76. The summed E-state index contributed by atoms with van der Waals surface area (Å²) in [5.41, 5.74) is 0.609. The summed E-state index contributed by atoms with van der Waals surface area (Å²) in [4.78, 5) is 4.10. The molecule has 0 saturated heterocycles. The smallest absolute Gasteiger partial charge is 0.202 e. The van der Waals surface area contributed by atoms with Gasteiger partial charge in [-0.15, -0.1) is 0 Å². The van der Waals surface area contributed by atoms with Crippen LogP contribution in [0.4, 0.5) is 10.3 Å². The Labute approximate surface area is 101 Å². The molecular formula is C11H11BrFN3. The van der Waals surface area contributed by atoms with Crippen molar-refractivity contribution < 1.29 is 4.39 Å². The summed E-state index contributed by atoms with van der Waals surface area (Å²) < 4.78 is 16.1. The van der Waals surface area contributed by atoms with Gasteiger partial charge in [0.2, 0.25) is 5.95 Å². The Kier molecular flexibility index (Phi) is 3.24. The zero-order valence-corrected chi connectivity index (χ0v) is 10.3. The number of aryl methyl sites for hydroxylation is 1. The van der Waals surface area contributed by atoms with E-state index in [2.05, 4.69) is 26.2 Å². The molecule has 1 N–H and O–H groups in total. The predicted molar refractivity (Wildman–Crippen MR) is 64.6 cm³/mol. The van der Waals surface area contributed by atoms with Crippen LogP contribution < -0.4 is 5.32 Å². The molecule has 2 aromatic rings. The second-order valence-electron chi connectivity index (χ2n) is 3.45. The fourth-order valence-corrected chi connectivity index (χ4v) is 1.80. The summed E-state index contributed by atoms with van der Waals surface area (Å²) >= 11 is 3.31. The van der Waals surface area contributed by atoms with Gasteiger partial charge in [0.25, 0.3) is 0 Å². The maximum absolute atomic E-state index is 13.4. The lowest BCUT2D eigenvalue weighted by atomic mass is 10.2. The van der Waals surface area contributed by atoms with Gasteiger partial charge in [-0.25, -0.2) is 9.37 Å². The maximum Gasteiger partial charge on any atom is 0.202 e. The van der Waals surface area contributed by atoms with Crippen molar-refractivity contribution in [3.8, 4) is 0 Å². The first kappa shape index (κ1) is 11.1. The van der Waals surface area contributed by atoms with E-state index >= 15 is 0 Å². The predicted octanol–water partition coefficient (Wildman–Crippen LogP) is 2.93. The van der Waals surface area contributed by atoms with Crippen LogP contribution in [0.2, 0.25) is 0 Å². The van der Waals surface area contributed by atoms with E-state index in [-0.39, 0.29) is 5.82 Å². The van der Waals surface area contributed by atoms with Crippen LogP contribution in [0.5, 0.6) is 0 Å². The Morgan fingerprint density at radius 3 is 3.00 bits per heavy atom. The van der Waals surface area contributed by atoms with Crippen molar-refractivity contribution in [2.45, 2.75) is 6.54 Å². The molecule has 0 aliphatic rings. The molecule has 1 heterocycles. The van der Waals surface area contributed by atoms with Crippen LogP contribution in [0.15, 0.2) is 35.1 Å². The van der Waals surface area contributed by atoms with E-state index in [1.165, 1.54) is 6.07 Å². The second kappa shape index (κ2) is 4.65. The highest BCUT2D eigenvalue weighted by molar-refractivity contribution is 9.10. The number of anilines is 1. The highest BCUT2D eigenvalue weighted by Gasteiger charge is 2.04. The van der Waals surface area contributed by atoms with E-state index in [0.717, 1.165) is 10.4 Å². The Balaban J connectivity index is 2.10. The van der Waals surface area contributed by atoms with E-state index in [4.69, 9.17) is 0 Å². The standard InChI is InChI=1S/C11H11BrFN3/c1-16-5-4-14-11(16)15-7-8-6-9(12)2-3-10(8)13/h2-6H,7H2,1H3,(H,14,15). The molecule has 2 rings (SSSR count). The monoisotopic (exact) mass is 283 g/mol. The number of hydrogen-bond donors (Lipinski definition) is 1. The summed E-state index contributed by atoms with van der Waals surface area (Å²) in [5, 5.41) is 3.07. The molecular weight excluding hydrogens is 273 g/mol. The minimum Gasteiger partial charge on any atom is -0.351 e. The first-order valence-corrected chi connectivity index (χ1v) is 5.61. The largest absolute Gasteiger partial charge is 0.351 e. The normalized spacial score (nSPS) is 10.4. The summed E-state index contributed by atoms with van der Waals surface area (Å²) in [6, 6.07) is 4.88. The molecule has 0 aliphatic heterocycles. The lowest BCUT2D eigenvalue weighted by Crippen LogP contribution is -2.06. The maximum atomic E-state index is 13.4. The quantitative estimate of drug-likeness (QED) is 0.939. The summed E-state index contributed by atoms with van der Waals surface area (Å²) in [7, 11) is 1.88. The molecule has 0 saturated carbocycles. The topological polar surface area (TPSA) is 29.9 Å². The van der Waals surface area contributed by atoms with E-state index in [0.29, 0.717) is 12.1 Å². The third kappa shape index (κ3) is 2.41. The van der Waals surface area contributed by atoms with Gasteiger partial charge in [-0.3, -0.25) is 0 Å². The van der Waals surface area contributed by atoms with Gasteiger partial charge in [0, 0.05) is 36.0 Å². The average molecular weight is 284 g/mol. The number of benzene rings is 1.